The summed E-state index contributed by atoms with van der Waals surface area (Å²) in [7, 11) is 1.21. The normalized spacial score (nSPS) is 16.3. The summed E-state index contributed by atoms with van der Waals surface area (Å²) in [6.45, 7) is 0. The molecule has 0 saturated carbocycles. The quantitative estimate of drug-likeness (QED) is 0.328. The van der Waals surface area contributed by atoms with Crippen molar-refractivity contribution in [2.45, 2.75) is 0 Å². The van der Waals surface area contributed by atoms with Crippen LogP contribution >= 0.6 is 11.8 Å². The Morgan fingerprint density at radius 3 is 2.50 bits per heavy atom. The zero-order chi connectivity index (χ0) is 21.7. The van der Waals surface area contributed by atoms with Gasteiger partial charge in [0.05, 0.1) is 23.8 Å². The first-order valence-electron chi connectivity index (χ1n) is 8.40. The molecule has 1 heterocycles. The van der Waals surface area contributed by atoms with E-state index in [2.05, 4.69) is 20.3 Å². The SMILES string of the molecule is COC(=O)/C=C1/S/C(=N\N=Cc2ccc(-c3ccc(C(=O)O)c(F)c3)cc2)NC1=O. The highest BCUT2D eigenvalue weighted by Gasteiger charge is 2.25. The number of carboxylic acids is 1. The average molecular weight is 427 g/mol. The Hall–Kier alpha value is -3.79. The van der Waals surface area contributed by atoms with Gasteiger partial charge in [0, 0.05) is 6.08 Å². The van der Waals surface area contributed by atoms with Crippen LogP contribution in [0.2, 0.25) is 0 Å². The molecule has 2 aromatic carbocycles. The van der Waals surface area contributed by atoms with E-state index >= 15 is 0 Å². The maximum absolute atomic E-state index is 13.8. The lowest BCUT2D eigenvalue weighted by molar-refractivity contribution is -0.135. The molecule has 10 heteroatoms. The molecule has 2 aromatic rings. The minimum Gasteiger partial charge on any atom is -0.478 e. The highest BCUT2D eigenvalue weighted by molar-refractivity contribution is 8.18. The molecule has 30 heavy (non-hydrogen) atoms. The molecule has 1 aliphatic rings. The number of carboxylic acid groups (broad SMARTS) is 1. The third-order valence-corrected chi connectivity index (χ3v) is 4.80. The van der Waals surface area contributed by atoms with Gasteiger partial charge in [-0.1, -0.05) is 30.3 Å². The van der Waals surface area contributed by atoms with Gasteiger partial charge in [-0.15, -0.1) is 5.10 Å². The first kappa shape index (κ1) is 20.9. The minimum atomic E-state index is -1.32. The number of amides is 1. The Labute approximate surface area is 174 Å². The van der Waals surface area contributed by atoms with Gasteiger partial charge < -0.3 is 9.84 Å². The van der Waals surface area contributed by atoms with Crippen molar-refractivity contribution in [1.29, 1.82) is 0 Å². The van der Waals surface area contributed by atoms with E-state index in [0.29, 0.717) is 16.7 Å². The molecule has 0 spiro atoms. The van der Waals surface area contributed by atoms with Crippen molar-refractivity contribution in [3.8, 4) is 11.1 Å². The van der Waals surface area contributed by atoms with E-state index in [4.69, 9.17) is 5.11 Å². The molecule has 0 unspecified atom stereocenters. The lowest BCUT2D eigenvalue weighted by Crippen LogP contribution is -2.19. The molecule has 0 bridgehead atoms. The molecule has 1 amide bonds. The first-order valence-corrected chi connectivity index (χ1v) is 9.22. The van der Waals surface area contributed by atoms with E-state index in [1.54, 1.807) is 24.3 Å². The molecule has 2 N–H and O–H groups in total. The molecule has 0 aromatic heterocycles. The first-order chi connectivity index (χ1) is 14.4. The second-order valence-corrected chi connectivity index (χ2v) is 6.89. The maximum atomic E-state index is 13.8. The second kappa shape index (κ2) is 9.14. The van der Waals surface area contributed by atoms with Crippen LogP contribution in [0.15, 0.2) is 63.6 Å². The number of amidine groups is 1. The van der Waals surface area contributed by atoms with E-state index in [1.165, 1.54) is 25.5 Å². The Morgan fingerprint density at radius 1 is 1.17 bits per heavy atom. The zero-order valence-electron chi connectivity index (χ0n) is 15.5. The third kappa shape index (κ3) is 4.97. The Morgan fingerprint density at radius 2 is 1.87 bits per heavy atom. The van der Waals surface area contributed by atoms with Crippen LogP contribution in [0.5, 0.6) is 0 Å². The van der Waals surface area contributed by atoms with Gasteiger partial charge in [0.15, 0.2) is 5.17 Å². The summed E-state index contributed by atoms with van der Waals surface area (Å²) in [6, 6.07) is 10.8. The summed E-state index contributed by atoms with van der Waals surface area (Å²) >= 11 is 0.960. The van der Waals surface area contributed by atoms with Crippen LogP contribution in [0.25, 0.3) is 11.1 Å². The number of carbonyl (C=O) groups is 3. The summed E-state index contributed by atoms with van der Waals surface area (Å²) in [6.07, 6.45) is 2.52. The van der Waals surface area contributed by atoms with Crippen molar-refractivity contribution < 1.29 is 28.6 Å². The Balaban J connectivity index is 1.68. The number of nitrogens with zero attached hydrogens (tertiary/aromatic N) is 2. The molecule has 1 fully saturated rings. The number of halogens is 1. The van der Waals surface area contributed by atoms with E-state index in [1.807, 2.05) is 0 Å². The smallest absolute Gasteiger partial charge is 0.338 e. The fourth-order valence-electron chi connectivity index (χ4n) is 2.42. The summed E-state index contributed by atoms with van der Waals surface area (Å²) in [5.41, 5.74) is 1.55. The second-order valence-electron chi connectivity index (χ2n) is 5.86. The van der Waals surface area contributed by atoms with Gasteiger partial charge in [-0.2, -0.15) is 5.10 Å². The fraction of sp³-hybridized carbons (Fsp3) is 0.0500. The average Bonchev–Trinajstić information content (AvgIpc) is 3.07. The predicted molar refractivity (Wildman–Crippen MR) is 110 cm³/mol. The van der Waals surface area contributed by atoms with Crippen molar-refractivity contribution in [3.63, 3.8) is 0 Å². The number of rotatable bonds is 5. The van der Waals surface area contributed by atoms with Crippen molar-refractivity contribution in [2.75, 3.05) is 7.11 Å². The van der Waals surface area contributed by atoms with Gasteiger partial charge in [-0.25, -0.2) is 14.0 Å². The Bertz CT molecular complexity index is 1110. The number of esters is 1. The van der Waals surface area contributed by atoms with Crippen LogP contribution in [-0.2, 0) is 14.3 Å². The van der Waals surface area contributed by atoms with Crippen LogP contribution < -0.4 is 5.32 Å². The molecule has 0 aliphatic carbocycles. The number of hydrogen-bond acceptors (Lipinski definition) is 7. The molecule has 1 saturated heterocycles. The zero-order valence-corrected chi connectivity index (χ0v) is 16.3. The van der Waals surface area contributed by atoms with Gasteiger partial charge in [0.1, 0.15) is 5.82 Å². The van der Waals surface area contributed by atoms with Gasteiger partial charge in [0.2, 0.25) is 0 Å². The fourth-order valence-corrected chi connectivity index (χ4v) is 3.16. The maximum Gasteiger partial charge on any atom is 0.338 e. The summed E-state index contributed by atoms with van der Waals surface area (Å²) < 4.78 is 18.3. The van der Waals surface area contributed by atoms with E-state index in [-0.39, 0.29) is 15.6 Å². The summed E-state index contributed by atoms with van der Waals surface area (Å²) in [5, 5.41) is 19.4. The van der Waals surface area contributed by atoms with Crippen molar-refractivity contribution in [3.05, 3.63) is 70.4 Å². The number of hydrogen-bond donors (Lipinski definition) is 2. The van der Waals surface area contributed by atoms with Crippen molar-refractivity contribution in [2.24, 2.45) is 10.2 Å². The van der Waals surface area contributed by atoms with Gasteiger partial charge >= 0.3 is 11.9 Å². The lowest BCUT2D eigenvalue weighted by atomic mass is 10.0. The molecular weight excluding hydrogens is 413 g/mol. The molecule has 8 nitrogen and oxygen atoms in total. The molecule has 1 aliphatic heterocycles. The van der Waals surface area contributed by atoms with Crippen LogP contribution in [0.4, 0.5) is 4.39 Å². The number of aromatic carboxylic acids is 1. The molecule has 3 rings (SSSR count). The van der Waals surface area contributed by atoms with Gasteiger partial charge in [0.25, 0.3) is 5.91 Å². The molecule has 0 atom stereocenters. The van der Waals surface area contributed by atoms with E-state index < -0.39 is 23.7 Å². The van der Waals surface area contributed by atoms with Crippen LogP contribution in [0, 0.1) is 5.82 Å². The predicted octanol–water partition coefficient (Wildman–Crippen LogP) is 2.80. The summed E-state index contributed by atoms with van der Waals surface area (Å²) in [5.74, 6) is -3.24. The topological polar surface area (TPSA) is 117 Å². The van der Waals surface area contributed by atoms with Crippen LogP contribution in [0.1, 0.15) is 15.9 Å². The van der Waals surface area contributed by atoms with E-state index in [9.17, 15) is 18.8 Å². The number of nitrogens with one attached hydrogen (secondary N) is 1. The monoisotopic (exact) mass is 427 g/mol. The number of methoxy groups -OCH3 is 1. The molecule has 0 radical (unpaired) electrons. The number of carbonyl (C=O) groups excluding carboxylic acids is 2. The number of benzene rings is 2. The van der Waals surface area contributed by atoms with Crippen LogP contribution in [-0.4, -0.2) is 41.4 Å². The van der Waals surface area contributed by atoms with Gasteiger partial charge in [-0.3, -0.25) is 10.1 Å². The number of thioether (sulfide) groups is 1. The van der Waals surface area contributed by atoms with E-state index in [0.717, 1.165) is 23.9 Å². The van der Waals surface area contributed by atoms with Crippen molar-refractivity contribution in [1.82, 2.24) is 5.32 Å². The minimum absolute atomic E-state index is 0.154. The number of ether oxygens (including phenoxy) is 1. The van der Waals surface area contributed by atoms with Crippen molar-refractivity contribution >= 4 is 41.0 Å². The Kier molecular flexibility index (Phi) is 6.38. The van der Waals surface area contributed by atoms with Crippen LogP contribution in [0.3, 0.4) is 0 Å². The third-order valence-electron chi connectivity index (χ3n) is 3.90. The highest BCUT2D eigenvalue weighted by atomic mass is 32.2. The largest absolute Gasteiger partial charge is 0.478 e. The van der Waals surface area contributed by atoms with Gasteiger partial charge in [-0.05, 0) is 40.6 Å². The molecular formula is C20H14FN3O5S. The highest BCUT2D eigenvalue weighted by Crippen LogP contribution is 2.24. The standard InChI is InChI=1S/C20H14FN3O5S/c1-29-17(25)9-16-18(26)23-20(30-16)24-22-10-11-2-4-12(5-3-11)13-6-7-14(19(27)28)15(21)8-13/h2-10H,1H3,(H,27,28)(H,23,24,26)/b16-9+,22-10?. The lowest BCUT2D eigenvalue weighted by Gasteiger charge is -2.04. The molecule has 152 valence electrons. The summed E-state index contributed by atoms with van der Waals surface area (Å²) in [4.78, 5) is 34.0.